The number of nitrogens with zero attached hydrogens (tertiary/aromatic N) is 1. The van der Waals surface area contributed by atoms with E-state index in [1.54, 1.807) is 0 Å². The van der Waals surface area contributed by atoms with E-state index < -0.39 is 0 Å². The lowest BCUT2D eigenvalue weighted by atomic mass is 10.1. The smallest absolute Gasteiger partial charge is 0.0585 e. The van der Waals surface area contributed by atoms with Gasteiger partial charge < -0.3 is 15.3 Å². The maximum absolute atomic E-state index is 9.24. The number of hydrogen-bond acceptors (Lipinski definition) is 3. The third-order valence-electron chi connectivity index (χ3n) is 3.26. The summed E-state index contributed by atoms with van der Waals surface area (Å²) >= 11 is 0. The van der Waals surface area contributed by atoms with Gasteiger partial charge in [0, 0.05) is 12.1 Å². The molecule has 0 saturated heterocycles. The minimum atomic E-state index is 0.245. The average Bonchev–Trinajstić information content (AvgIpc) is 2.31. The van der Waals surface area contributed by atoms with Crippen molar-refractivity contribution in [2.45, 2.75) is 65.5 Å². The maximum Gasteiger partial charge on any atom is 0.0585 e. The predicted molar refractivity (Wildman–Crippen MR) is 75.4 cm³/mol. The third kappa shape index (κ3) is 8.58. The third-order valence-corrected chi connectivity index (χ3v) is 3.26. The zero-order chi connectivity index (χ0) is 13.1. The van der Waals surface area contributed by atoms with E-state index in [2.05, 4.69) is 37.9 Å². The Morgan fingerprint density at radius 2 is 1.82 bits per heavy atom. The molecule has 0 aliphatic carbocycles. The Labute approximate surface area is 108 Å². The van der Waals surface area contributed by atoms with Crippen molar-refractivity contribution in [1.82, 2.24) is 10.2 Å². The molecule has 0 heterocycles. The lowest BCUT2D eigenvalue weighted by Gasteiger charge is -2.28. The minimum absolute atomic E-state index is 0.245. The number of aliphatic hydroxyl groups excluding tert-OH is 1. The average molecular weight is 244 g/mol. The Bertz CT molecular complexity index is 162. The van der Waals surface area contributed by atoms with E-state index >= 15 is 0 Å². The fraction of sp³-hybridized carbons (Fsp3) is 1.00. The van der Waals surface area contributed by atoms with E-state index in [0.717, 1.165) is 19.5 Å². The van der Waals surface area contributed by atoms with Gasteiger partial charge in [-0.2, -0.15) is 0 Å². The normalized spacial score (nSPS) is 13.6. The Balaban J connectivity index is 3.89. The first-order valence-corrected chi connectivity index (χ1v) is 7.23. The number of aliphatic hydroxyl groups is 1. The van der Waals surface area contributed by atoms with Crippen LogP contribution in [0.4, 0.5) is 0 Å². The number of likely N-dealkylation sites (N-methyl/N-ethyl adjacent to an activating group) is 1. The molecule has 0 spiro atoms. The molecule has 1 atom stereocenters. The Kier molecular flexibility index (Phi) is 10.9. The van der Waals surface area contributed by atoms with Crippen LogP contribution in [0.25, 0.3) is 0 Å². The molecule has 17 heavy (non-hydrogen) atoms. The molecule has 0 aromatic heterocycles. The standard InChI is InChI=1S/C14H32N2O/c1-5-7-8-10-16(13(3)4)11-9-14(12-17)15-6-2/h13-15,17H,5-12H2,1-4H3. The van der Waals surface area contributed by atoms with Crippen molar-refractivity contribution < 1.29 is 5.11 Å². The summed E-state index contributed by atoms with van der Waals surface area (Å²) in [5.74, 6) is 0. The van der Waals surface area contributed by atoms with Gasteiger partial charge in [0.05, 0.1) is 6.61 Å². The van der Waals surface area contributed by atoms with Crippen molar-refractivity contribution in [1.29, 1.82) is 0 Å². The largest absolute Gasteiger partial charge is 0.395 e. The maximum atomic E-state index is 9.24. The molecule has 3 nitrogen and oxygen atoms in total. The molecule has 0 saturated carbocycles. The van der Waals surface area contributed by atoms with E-state index in [-0.39, 0.29) is 12.6 Å². The van der Waals surface area contributed by atoms with Crippen molar-refractivity contribution in [2.75, 3.05) is 26.2 Å². The number of nitrogens with one attached hydrogen (secondary N) is 1. The Morgan fingerprint density at radius 1 is 1.12 bits per heavy atom. The van der Waals surface area contributed by atoms with E-state index in [1.807, 2.05) is 0 Å². The van der Waals surface area contributed by atoms with Crippen molar-refractivity contribution >= 4 is 0 Å². The Morgan fingerprint density at radius 3 is 2.29 bits per heavy atom. The molecular weight excluding hydrogens is 212 g/mol. The van der Waals surface area contributed by atoms with Crippen LogP contribution in [0.2, 0.25) is 0 Å². The molecule has 0 aromatic rings. The highest BCUT2D eigenvalue weighted by Crippen LogP contribution is 2.05. The molecule has 0 amide bonds. The van der Waals surface area contributed by atoms with Crippen LogP contribution in [0.3, 0.4) is 0 Å². The van der Waals surface area contributed by atoms with Crippen molar-refractivity contribution in [3.8, 4) is 0 Å². The summed E-state index contributed by atoms with van der Waals surface area (Å²) in [4.78, 5) is 2.52. The van der Waals surface area contributed by atoms with Gasteiger partial charge in [0.25, 0.3) is 0 Å². The molecule has 104 valence electrons. The lowest BCUT2D eigenvalue weighted by Crippen LogP contribution is -2.39. The van der Waals surface area contributed by atoms with Crippen molar-refractivity contribution in [3.63, 3.8) is 0 Å². The second-order valence-corrected chi connectivity index (χ2v) is 5.06. The monoisotopic (exact) mass is 244 g/mol. The summed E-state index contributed by atoms with van der Waals surface area (Å²) < 4.78 is 0. The van der Waals surface area contributed by atoms with Gasteiger partial charge in [0.15, 0.2) is 0 Å². The quantitative estimate of drug-likeness (QED) is 0.547. The van der Waals surface area contributed by atoms with Crippen LogP contribution in [0.5, 0.6) is 0 Å². The van der Waals surface area contributed by atoms with Gasteiger partial charge in [0.2, 0.25) is 0 Å². The van der Waals surface area contributed by atoms with Gasteiger partial charge in [-0.3, -0.25) is 0 Å². The van der Waals surface area contributed by atoms with Gasteiger partial charge in [-0.05, 0) is 46.3 Å². The summed E-state index contributed by atoms with van der Waals surface area (Å²) in [7, 11) is 0. The van der Waals surface area contributed by atoms with Gasteiger partial charge >= 0.3 is 0 Å². The highest BCUT2D eigenvalue weighted by atomic mass is 16.3. The first kappa shape index (κ1) is 16.9. The predicted octanol–water partition coefficient (Wildman–Crippen LogP) is 2.25. The first-order chi connectivity index (χ1) is 8.15. The first-order valence-electron chi connectivity index (χ1n) is 7.23. The highest BCUT2D eigenvalue weighted by Gasteiger charge is 2.12. The second kappa shape index (κ2) is 11.0. The van der Waals surface area contributed by atoms with Gasteiger partial charge in [-0.15, -0.1) is 0 Å². The molecular formula is C14H32N2O. The zero-order valence-corrected chi connectivity index (χ0v) is 12.2. The molecule has 0 aromatic carbocycles. The SMILES string of the molecule is CCCCCN(CCC(CO)NCC)C(C)C. The van der Waals surface area contributed by atoms with Crippen LogP contribution in [0.1, 0.15) is 53.4 Å². The molecule has 1 unspecified atom stereocenters. The van der Waals surface area contributed by atoms with E-state index in [9.17, 15) is 5.11 Å². The minimum Gasteiger partial charge on any atom is -0.395 e. The molecule has 0 fully saturated rings. The zero-order valence-electron chi connectivity index (χ0n) is 12.2. The van der Waals surface area contributed by atoms with E-state index in [4.69, 9.17) is 0 Å². The van der Waals surface area contributed by atoms with Gasteiger partial charge in [0.1, 0.15) is 0 Å². The van der Waals surface area contributed by atoms with Crippen LogP contribution in [0.15, 0.2) is 0 Å². The fourth-order valence-electron chi connectivity index (χ4n) is 2.06. The van der Waals surface area contributed by atoms with Gasteiger partial charge in [-0.1, -0.05) is 26.7 Å². The van der Waals surface area contributed by atoms with Gasteiger partial charge in [-0.25, -0.2) is 0 Å². The molecule has 0 aliphatic rings. The van der Waals surface area contributed by atoms with Crippen LogP contribution in [-0.2, 0) is 0 Å². The van der Waals surface area contributed by atoms with Crippen LogP contribution < -0.4 is 5.32 Å². The van der Waals surface area contributed by atoms with Crippen LogP contribution in [-0.4, -0.2) is 48.3 Å². The van der Waals surface area contributed by atoms with Crippen LogP contribution >= 0.6 is 0 Å². The molecule has 0 aliphatic heterocycles. The topological polar surface area (TPSA) is 35.5 Å². The van der Waals surface area contributed by atoms with E-state index in [0.29, 0.717) is 6.04 Å². The summed E-state index contributed by atoms with van der Waals surface area (Å²) in [5.41, 5.74) is 0. The summed E-state index contributed by atoms with van der Waals surface area (Å²) in [5, 5.41) is 12.6. The highest BCUT2D eigenvalue weighted by molar-refractivity contribution is 4.70. The summed E-state index contributed by atoms with van der Waals surface area (Å²) in [6.07, 6.45) is 4.93. The number of unbranched alkanes of at least 4 members (excludes halogenated alkanes) is 2. The second-order valence-electron chi connectivity index (χ2n) is 5.06. The number of hydrogen-bond donors (Lipinski definition) is 2. The molecule has 0 rings (SSSR count). The molecule has 3 heteroatoms. The molecule has 2 N–H and O–H groups in total. The van der Waals surface area contributed by atoms with Crippen molar-refractivity contribution in [3.05, 3.63) is 0 Å². The Hall–Kier alpha value is -0.120. The molecule has 0 radical (unpaired) electrons. The lowest BCUT2D eigenvalue weighted by molar-refractivity contribution is 0.181. The summed E-state index contributed by atoms with van der Waals surface area (Å²) in [6.45, 7) is 12.3. The fourth-order valence-corrected chi connectivity index (χ4v) is 2.06. The number of rotatable bonds is 11. The van der Waals surface area contributed by atoms with Crippen molar-refractivity contribution in [2.24, 2.45) is 0 Å². The van der Waals surface area contributed by atoms with Crippen LogP contribution in [0, 0.1) is 0 Å². The molecule has 0 bridgehead atoms. The van der Waals surface area contributed by atoms with E-state index in [1.165, 1.54) is 25.8 Å². The summed E-state index contributed by atoms with van der Waals surface area (Å²) in [6, 6.07) is 0.861.